The van der Waals surface area contributed by atoms with Crippen LogP contribution in [0.25, 0.3) is 5.65 Å². The zero-order chi connectivity index (χ0) is 23.3. The Morgan fingerprint density at radius 2 is 2.00 bits per heavy atom. The van der Waals surface area contributed by atoms with Crippen LogP contribution >= 0.6 is 0 Å². The second-order valence-electron chi connectivity index (χ2n) is 8.33. The average Bonchev–Trinajstić information content (AvgIpc) is 3.18. The number of alkyl halides is 3. The van der Waals surface area contributed by atoms with Crippen molar-refractivity contribution in [2.45, 2.75) is 31.3 Å². The van der Waals surface area contributed by atoms with Crippen LogP contribution in [0.15, 0.2) is 36.7 Å². The van der Waals surface area contributed by atoms with Crippen molar-refractivity contribution in [1.82, 2.24) is 14.3 Å². The van der Waals surface area contributed by atoms with Gasteiger partial charge < -0.3 is 24.3 Å². The molecule has 2 aliphatic heterocycles. The first kappa shape index (κ1) is 23.1. The number of halogens is 4. The second kappa shape index (κ2) is 8.38. The minimum absolute atomic E-state index is 0. The van der Waals surface area contributed by atoms with Crippen LogP contribution in [0.2, 0.25) is 0 Å². The number of rotatable bonds is 3. The van der Waals surface area contributed by atoms with E-state index in [1.165, 1.54) is 18.2 Å². The third-order valence-corrected chi connectivity index (χ3v) is 5.98. The molecule has 0 bridgehead atoms. The number of aromatic hydroxyl groups is 1. The summed E-state index contributed by atoms with van der Waals surface area (Å²) in [4.78, 5) is 5.94. The first-order valence-electron chi connectivity index (χ1n) is 10.5. The van der Waals surface area contributed by atoms with Crippen LogP contribution in [0.3, 0.4) is 0 Å². The van der Waals surface area contributed by atoms with Crippen molar-refractivity contribution in [3.63, 3.8) is 0 Å². The maximum Gasteiger partial charge on any atom is 0.434 e. The molecule has 1 saturated heterocycles. The standard InChI is InChI=1S/C22H22F4N4O3.Cm/c1-12-8-29(4-5-32-12)17-11-33-18-6-13(23)2-3-15(18)20(17)27-16-7-14(31)9-30-10-19(22(24,25)26)28-21(16)30;/h2-3,6-7,9-10,12,17,20,27,31H,4-5,8,11H2,1H3;. The van der Waals surface area contributed by atoms with Gasteiger partial charge in [0.2, 0.25) is 0 Å². The number of anilines is 1. The monoisotopic (exact) mass is 709 g/mol. The van der Waals surface area contributed by atoms with Gasteiger partial charge in [0, 0.05) is 37.0 Å². The number of imidazole rings is 1. The van der Waals surface area contributed by atoms with Crippen molar-refractivity contribution in [3.05, 3.63) is 53.7 Å². The van der Waals surface area contributed by atoms with Crippen LogP contribution in [0.5, 0.6) is 11.5 Å². The summed E-state index contributed by atoms with van der Waals surface area (Å²) in [6.07, 6.45) is -2.64. The molecule has 0 aliphatic carbocycles. The number of hydrogen-bond acceptors (Lipinski definition) is 6. The van der Waals surface area contributed by atoms with Gasteiger partial charge in [-0.3, -0.25) is 4.90 Å². The molecule has 12 heteroatoms. The van der Waals surface area contributed by atoms with Crippen LogP contribution < -0.4 is 10.1 Å². The number of morpholine rings is 1. The van der Waals surface area contributed by atoms with Crippen LogP contribution in [0, 0.1) is 5.82 Å². The third kappa shape index (κ3) is 4.15. The fourth-order valence-electron chi connectivity index (χ4n) is 4.50. The van der Waals surface area contributed by atoms with Gasteiger partial charge in [0.15, 0.2) is 11.3 Å². The molecule has 3 atom stereocenters. The van der Waals surface area contributed by atoms with E-state index in [4.69, 9.17) is 9.47 Å². The minimum atomic E-state index is -4.63. The average molecular weight is 713 g/mol. The van der Waals surface area contributed by atoms with Gasteiger partial charge in [-0.15, -0.1) is 0 Å². The Bertz CT molecular complexity index is 1190. The summed E-state index contributed by atoms with van der Waals surface area (Å²) >= 11 is 0. The number of aromatic nitrogens is 2. The SMILES string of the molecule is CC1CN(C2COc3cc(F)ccc3C2Nc2cc(O)cn3cc(C(F)(F)F)nc23)CCO1.[Cm]. The van der Waals surface area contributed by atoms with Crippen LogP contribution in [-0.2, 0) is 10.9 Å². The number of pyridine rings is 1. The van der Waals surface area contributed by atoms with E-state index in [1.807, 2.05) is 6.92 Å². The molecule has 3 unspecified atom stereocenters. The number of hydrogen-bond donors (Lipinski definition) is 2. The number of nitrogens with zero attached hydrogens (tertiary/aromatic N) is 3. The largest absolute Gasteiger partial charge is 0.506 e. The summed E-state index contributed by atoms with van der Waals surface area (Å²) in [5.41, 5.74) is -0.164. The van der Waals surface area contributed by atoms with Gasteiger partial charge in [0.1, 0.15) is 23.9 Å². The molecule has 4 heterocycles. The molecule has 2 aliphatic rings. The molecule has 7 nitrogen and oxygen atoms in total. The zero-order valence-electron chi connectivity index (χ0n) is 18.0. The molecule has 0 spiro atoms. The minimum Gasteiger partial charge on any atom is -0.506 e. The smallest absolute Gasteiger partial charge is 0.434 e. The molecule has 3 aromatic rings. The number of ether oxygens (including phenoxy) is 2. The van der Waals surface area contributed by atoms with E-state index < -0.39 is 23.7 Å². The summed E-state index contributed by atoms with van der Waals surface area (Å²) in [5, 5.41) is 13.4. The molecule has 1 fully saturated rings. The topological polar surface area (TPSA) is 71.3 Å². The first-order chi connectivity index (χ1) is 15.7. The van der Waals surface area contributed by atoms with Gasteiger partial charge >= 0.3 is 6.18 Å². The van der Waals surface area contributed by atoms with E-state index in [0.717, 1.165) is 16.8 Å². The van der Waals surface area contributed by atoms with Crippen molar-refractivity contribution < 1.29 is 32.1 Å². The van der Waals surface area contributed by atoms with Crippen LogP contribution in [-0.4, -0.2) is 57.8 Å². The molecule has 2 N–H and O–H groups in total. The Kier molecular flexibility index (Phi) is 5.70. The summed E-state index contributed by atoms with van der Waals surface area (Å²) in [5.74, 6) is -0.312. The maximum atomic E-state index is 13.8. The van der Waals surface area contributed by atoms with Gasteiger partial charge in [-0.05, 0) is 13.0 Å². The van der Waals surface area contributed by atoms with Crippen LogP contribution in [0.4, 0.5) is 23.2 Å². The third-order valence-electron chi connectivity index (χ3n) is 5.98. The Hall–Kier alpha value is -4.05. The molecule has 0 radical (unpaired) electrons. The number of fused-ring (bicyclic) bond motifs is 2. The summed E-state index contributed by atoms with van der Waals surface area (Å²) < 4.78 is 66.3. The molecular formula is C22H22CmF4N4O3. The maximum absolute atomic E-state index is 13.8. The molecular weight excluding hydrogens is 691 g/mol. The molecule has 0 saturated carbocycles. The van der Waals surface area contributed by atoms with Gasteiger partial charge in [0.25, 0.3) is 0 Å². The molecule has 2 aromatic heterocycles. The van der Waals surface area contributed by atoms with Crippen molar-refractivity contribution in [1.29, 1.82) is 0 Å². The van der Waals surface area contributed by atoms with E-state index in [-0.39, 0.29) is 35.8 Å². The van der Waals surface area contributed by atoms with Crippen LogP contribution in [0.1, 0.15) is 24.2 Å². The Morgan fingerprint density at radius 3 is 2.74 bits per heavy atom. The number of benzene rings is 1. The van der Waals surface area contributed by atoms with Gasteiger partial charge in [-0.1, -0.05) is 6.07 Å². The molecule has 34 heavy (non-hydrogen) atoms. The Morgan fingerprint density at radius 1 is 1.21 bits per heavy atom. The summed E-state index contributed by atoms with van der Waals surface area (Å²) in [6.45, 7) is 4.03. The predicted octanol–water partition coefficient (Wildman–Crippen LogP) is 3.83. The van der Waals surface area contributed by atoms with Gasteiger partial charge in [0.05, 0.1) is 36.7 Å². The first-order valence-corrected chi connectivity index (χ1v) is 10.5. The van der Waals surface area contributed by atoms with Crippen molar-refractivity contribution in [2.24, 2.45) is 0 Å². The quantitative estimate of drug-likeness (QED) is 0.403. The normalized spacial score (nSPS) is 23.1. The number of nitrogens with one attached hydrogen (secondary N) is 1. The summed E-state index contributed by atoms with van der Waals surface area (Å²) in [6, 6.07) is 4.87. The fourth-order valence-corrected chi connectivity index (χ4v) is 4.50. The van der Waals surface area contributed by atoms with Crippen molar-refractivity contribution >= 4 is 11.3 Å². The second-order valence-corrected chi connectivity index (χ2v) is 8.33. The van der Waals surface area contributed by atoms with Gasteiger partial charge in [-0.2, -0.15) is 13.2 Å². The van der Waals surface area contributed by atoms with E-state index >= 15 is 0 Å². The Labute approximate surface area is 186 Å². The molecule has 0 amide bonds. The van der Waals surface area contributed by atoms with E-state index in [1.54, 1.807) is 6.07 Å². The molecule has 5 rings (SSSR count). The zero-order valence-corrected chi connectivity index (χ0v) is 20.9. The van der Waals surface area contributed by atoms with Gasteiger partial charge in [-0.25, -0.2) is 9.37 Å². The van der Waals surface area contributed by atoms with Crippen molar-refractivity contribution in [2.75, 3.05) is 31.6 Å². The fraction of sp³-hybridized carbons (Fsp3) is 0.409. The Balaban J connectivity index is 0.00000274. The van der Waals surface area contributed by atoms with E-state index in [9.17, 15) is 22.7 Å². The van der Waals surface area contributed by atoms with Crippen molar-refractivity contribution in [3.8, 4) is 11.5 Å². The molecule has 184 valence electrons. The summed E-state index contributed by atoms with van der Waals surface area (Å²) in [7, 11) is 0. The molecule has 1 aromatic carbocycles. The van der Waals surface area contributed by atoms with E-state index in [0.29, 0.717) is 31.0 Å². The van der Waals surface area contributed by atoms with E-state index in [2.05, 4.69) is 15.2 Å². The predicted molar refractivity (Wildman–Crippen MR) is 111 cm³/mol.